The lowest BCUT2D eigenvalue weighted by Crippen LogP contribution is -2.16. The maximum absolute atomic E-state index is 13.9. The van der Waals surface area contributed by atoms with E-state index in [1.165, 1.54) is 18.4 Å². The monoisotopic (exact) mass is 347 g/mol. The van der Waals surface area contributed by atoms with Crippen molar-refractivity contribution in [1.82, 2.24) is 0 Å². The van der Waals surface area contributed by atoms with Gasteiger partial charge < -0.3 is 10.4 Å². The molecular weight excluding hydrogens is 329 g/mol. The van der Waals surface area contributed by atoms with Gasteiger partial charge in [0.25, 0.3) is 0 Å². The average Bonchev–Trinajstić information content (AvgIpc) is 2.53. The Morgan fingerprint density at radius 3 is 2.46 bits per heavy atom. The fourth-order valence-corrected chi connectivity index (χ4v) is 3.55. The summed E-state index contributed by atoms with van der Waals surface area (Å²) in [5.41, 5.74) is 3.63. The third kappa shape index (κ3) is 3.01. The van der Waals surface area contributed by atoms with Gasteiger partial charge in [0.1, 0.15) is 11.6 Å². The second kappa shape index (κ2) is 5.94. The summed E-state index contributed by atoms with van der Waals surface area (Å²) in [6.45, 7) is 2.34. The smallest absolute Gasteiger partial charge is 0.175 e. The predicted molar refractivity (Wildman–Crippen MR) is 92.4 cm³/mol. The number of fused-ring (bicyclic) bond motifs is 1. The van der Waals surface area contributed by atoms with Gasteiger partial charge >= 0.3 is 0 Å². The first kappa shape index (κ1) is 16.5. The van der Waals surface area contributed by atoms with Crippen molar-refractivity contribution in [2.24, 2.45) is 0 Å². The van der Waals surface area contributed by atoms with Crippen molar-refractivity contribution in [1.29, 1.82) is 0 Å². The molecule has 6 heteroatoms. The summed E-state index contributed by atoms with van der Waals surface area (Å²) >= 11 is 0. The van der Waals surface area contributed by atoms with Gasteiger partial charge in [-0.05, 0) is 54.3 Å². The van der Waals surface area contributed by atoms with Crippen LogP contribution in [0.25, 0.3) is 5.57 Å². The number of sulfone groups is 1. The zero-order chi connectivity index (χ0) is 17.5. The van der Waals surface area contributed by atoms with E-state index in [0.717, 1.165) is 16.7 Å². The summed E-state index contributed by atoms with van der Waals surface area (Å²) in [6.07, 6.45) is 1.77. The highest BCUT2D eigenvalue weighted by Gasteiger charge is 2.22. The van der Waals surface area contributed by atoms with Crippen LogP contribution in [0.1, 0.15) is 18.1 Å². The Hall–Kier alpha value is -2.34. The number of halogens is 1. The van der Waals surface area contributed by atoms with Gasteiger partial charge in [0.2, 0.25) is 0 Å². The number of benzene rings is 2. The molecule has 24 heavy (non-hydrogen) atoms. The number of nitrogens with one attached hydrogen (secondary N) is 1. The molecule has 126 valence electrons. The molecule has 1 aliphatic heterocycles. The van der Waals surface area contributed by atoms with Crippen LogP contribution in [0.2, 0.25) is 0 Å². The zero-order valence-electron chi connectivity index (χ0n) is 13.4. The van der Waals surface area contributed by atoms with Crippen LogP contribution in [0.3, 0.4) is 0 Å². The highest BCUT2D eigenvalue weighted by molar-refractivity contribution is 7.90. The van der Waals surface area contributed by atoms with Crippen molar-refractivity contribution in [3.63, 3.8) is 0 Å². The number of anilines is 1. The molecule has 0 unspecified atom stereocenters. The molecular formula is C18H18FNO3S. The van der Waals surface area contributed by atoms with Gasteiger partial charge in [0.05, 0.1) is 10.6 Å². The van der Waals surface area contributed by atoms with Crippen LogP contribution in [0, 0.1) is 5.82 Å². The van der Waals surface area contributed by atoms with Crippen molar-refractivity contribution in [3.8, 4) is 5.75 Å². The SMILES string of the molecule is CC1=C(Cc2ccc(S(C)(=O)=O)cc2)CNc2c(F)ccc(O)c21. The average molecular weight is 347 g/mol. The predicted octanol–water partition coefficient (Wildman–Crippen LogP) is 3.38. The zero-order valence-corrected chi connectivity index (χ0v) is 14.2. The van der Waals surface area contributed by atoms with E-state index in [1.807, 2.05) is 6.92 Å². The van der Waals surface area contributed by atoms with Crippen LogP contribution in [0.15, 0.2) is 46.9 Å². The number of aromatic hydroxyl groups is 1. The summed E-state index contributed by atoms with van der Waals surface area (Å²) in [4.78, 5) is 0.281. The molecule has 0 saturated carbocycles. The molecule has 4 nitrogen and oxygen atoms in total. The molecule has 0 amide bonds. The van der Waals surface area contributed by atoms with E-state index >= 15 is 0 Å². The topological polar surface area (TPSA) is 66.4 Å². The van der Waals surface area contributed by atoms with E-state index in [9.17, 15) is 17.9 Å². The van der Waals surface area contributed by atoms with E-state index in [1.54, 1.807) is 24.3 Å². The van der Waals surface area contributed by atoms with Crippen LogP contribution in [-0.2, 0) is 16.3 Å². The van der Waals surface area contributed by atoms with Gasteiger partial charge in [-0.25, -0.2) is 12.8 Å². The molecule has 0 aliphatic carbocycles. The lowest BCUT2D eigenvalue weighted by atomic mass is 9.91. The first-order valence-electron chi connectivity index (χ1n) is 7.50. The molecule has 3 rings (SSSR count). The largest absolute Gasteiger partial charge is 0.507 e. The van der Waals surface area contributed by atoms with Gasteiger partial charge in [-0.1, -0.05) is 12.1 Å². The number of phenols is 1. The normalized spacial score (nSPS) is 14.3. The number of rotatable bonds is 3. The summed E-state index contributed by atoms with van der Waals surface area (Å²) in [5.74, 6) is -0.347. The number of hydrogen-bond donors (Lipinski definition) is 2. The van der Waals surface area contributed by atoms with Crippen LogP contribution in [0.5, 0.6) is 5.75 Å². The van der Waals surface area contributed by atoms with Gasteiger partial charge in [0.15, 0.2) is 9.84 Å². The van der Waals surface area contributed by atoms with Crippen molar-refractivity contribution in [2.75, 3.05) is 18.1 Å². The maximum atomic E-state index is 13.9. The van der Waals surface area contributed by atoms with Gasteiger partial charge in [0, 0.05) is 18.4 Å². The molecule has 1 heterocycles. The molecule has 0 spiro atoms. The van der Waals surface area contributed by atoms with Crippen molar-refractivity contribution in [3.05, 3.63) is 58.9 Å². The third-order valence-corrected chi connectivity index (χ3v) is 5.41. The highest BCUT2D eigenvalue weighted by atomic mass is 32.2. The van der Waals surface area contributed by atoms with Crippen LogP contribution >= 0.6 is 0 Å². The van der Waals surface area contributed by atoms with Gasteiger partial charge in [-0.2, -0.15) is 0 Å². The molecule has 0 radical (unpaired) electrons. The number of allylic oxidation sites excluding steroid dienone is 1. The Bertz CT molecular complexity index is 931. The minimum absolute atomic E-state index is 0.0426. The van der Waals surface area contributed by atoms with Crippen LogP contribution in [-0.4, -0.2) is 26.3 Å². The summed E-state index contributed by atoms with van der Waals surface area (Å²) < 4.78 is 36.9. The fraction of sp³-hybridized carbons (Fsp3) is 0.222. The molecule has 0 bridgehead atoms. The lowest BCUT2D eigenvalue weighted by Gasteiger charge is -2.24. The highest BCUT2D eigenvalue weighted by Crippen LogP contribution is 2.39. The Kier molecular flexibility index (Phi) is 4.09. The molecule has 2 aromatic carbocycles. The van der Waals surface area contributed by atoms with E-state index in [0.29, 0.717) is 24.2 Å². The van der Waals surface area contributed by atoms with Crippen molar-refractivity contribution >= 4 is 21.1 Å². The Labute approximate surface area is 140 Å². The molecule has 0 atom stereocenters. The molecule has 0 aromatic heterocycles. The first-order chi connectivity index (χ1) is 11.3. The van der Waals surface area contributed by atoms with Crippen molar-refractivity contribution in [2.45, 2.75) is 18.2 Å². The van der Waals surface area contributed by atoms with E-state index < -0.39 is 15.7 Å². The summed E-state index contributed by atoms with van der Waals surface area (Å²) in [7, 11) is -3.21. The molecule has 0 fully saturated rings. The second-order valence-corrected chi connectivity index (χ2v) is 8.01. The number of hydrogen-bond acceptors (Lipinski definition) is 4. The maximum Gasteiger partial charge on any atom is 0.175 e. The molecule has 2 aromatic rings. The van der Waals surface area contributed by atoms with Crippen LogP contribution < -0.4 is 5.32 Å². The molecule has 1 aliphatic rings. The Morgan fingerprint density at radius 1 is 1.17 bits per heavy atom. The van der Waals surface area contributed by atoms with Crippen molar-refractivity contribution < 1.29 is 17.9 Å². The third-order valence-electron chi connectivity index (χ3n) is 4.29. The minimum atomic E-state index is -3.21. The Morgan fingerprint density at radius 2 is 1.83 bits per heavy atom. The summed E-state index contributed by atoms with van der Waals surface area (Å²) in [6, 6.07) is 9.31. The van der Waals surface area contributed by atoms with Gasteiger partial charge in [-0.15, -0.1) is 0 Å². The van der Waals surface area contributed by atoms with E-state index in [2.05, 4.69) is 5.32 Å². The lowest BCUT2D eigenvalue weighted by molar-refractivity contribution is 0.471. The minimum Gasteiger partial charge on any atom is -0.507 e. The van der Waals surface area contributed by atoms with Crippen LogP contribution in [0.4, 0.5) is 10.1 Å². The second-order valence-electron chi connectivity index (χ2n) is 5.99. The standard InChI is InChI=1S/C18H18FNO3S/c1-11-13(9-12-3-5-14(6-4-12)24(2,22)23)10-20-18-15(19)7-8-16(21)17(11)18/h3-8,20-21H,9-10H2,1-2H3. The Balaban J connectivity index is 1.94. The van der Waals surface area contributed by atoms with E-state index in [4.69, 9.17) is 0 Å². The quantitative estimate of drug-likeness (QED) is 0.893. The number of phenolic OH excluding ortho intramolecular Hbond substituents is 1. The van der Waals surface area contributed by atoms with E-state index in [-0.39, 0.29) is 10.6 Å². The molecule has 2 N–H and O–H groups in total. The summed E-state index contributed by atoms with van der Waals surface area (Å²) in [5, 5.41) is 13.1. The fourth-order valence-electron chi connectivity index (χ4n) is 2.92. The molecule has 0 saturated heterocycles. The first-order valence-corrected chi connectivity index (χ1v) is 9.40. The van der Waals surface area contributed by atoms with Gasteiger partial charge in [-0.3, -0.25) is 0 Å².